The van der Waals surface area contributed by atoms with Gasteiger partial charge in [-0.05, 0) is 46.7 Å². The van der Waals surface area contributed by atoms with E-state index in [2.05, 4.69) is 0 Å². The van der Waals surface area contributed by atoms with Gasteiger partial charge in [-0.2, -0.15) is 0 Å². The van der Waals surface area contributed by atoms with Gasteiger partial charge in [0, 0.05) is 6.42 Å². The van der Waals surface area contributed by atoms with Gasteiger partial charge in [0.15, 0.2) is 0 Å². The molecule has 2 atom stereocenters. The molecule has 0 saturated carbocycles. The van der Waals surface area contributed by atoms with E-state index in [0.717, 1.165) is 22.1 Å². The number of methoxy groups -OCH3 is 1. The fourth-order valence-electron chi connectivity index (χ4n) is 3.35. The Labute approximate surface area is 147 Å². The summed E-state index contributed by atoms with van der Waals surface area (Å²) < 4.78 is 5.22. The number of ether oxygens (including phenoxy) is 1. The molecule has 2 aromatic carbocycles. The molecule has 2 aromatic rings. The van der Waals surface area contributed by atoms with Gasteiger partial charge >= 0.3 is 11.9 Å². The molecule has 2 rings (SSSR count). The van der Waals surface area contributed by atoms with Gasteiger partial charge in [-0.25, -0.2) is 0 Å². The molecule has 0 unspecified atom stereocenters. The van der Waals surface area contributed by atoms with Crippen LogP contribution in [0.3, 0.4) is 0 Å². The zero-order valence-corrected chi connectivity index (χ0v) is 14.7. The van der Waals surface area contributed by atoms with E-state index in [0.29, 0.717) is 6.42 Å². The van der Waals surface area contributed by atoms with Crippen LogP contribution in [0.15, 0.2) is 36.4 Å². The number of fused-ring (bicyclic) bond motifs is 1. The van der Waals surface area contributed by atoms with Crippen LogP contribution in [0.5, 0.6) is 5.75 Å². The second kappa shape index (κ2) is 8.01. The van der Waals surface area contributed by atoms with E-state index in [9.17, 15) is 14.7 Å². The van der Waals surface area contributed by atoms with Crippen molar-refractivity contribution in [2.45, 2.75) is 32.6 Å². The molecule has 0 fully saturated rings. The summed E-state index contributed by atoms with van der Waals surface area (Å²) in [5, 5.41) is 20.7. The predicted octanol–water partition coefficient (Wildman–Crippen LogP) is 4.15. The fourth-order valence-corrected chi connectivity index (χ4v) is 3.35. The number of aliphatic carboxylic acids is 2. The average Bonchev–Trinajstić information content (AvgIpc) is 2.56. The molecule has 2 N–H and O–H groups in total. The molecule has 0 aromatic heterocycles. The first-order valence-corrected chi connectivity index (χ1v) is 8.35. The monoisotopic (exact) mass is 344 g/mol. The van der Waals surface area contributed by atoms with Crippen LogP contribution < -0.4 is 4.74 Å². The highest BCUT2D eigenvalue weighted by atomic mass is 16.5. The van der Waals surface area contributed by atoms with E-state index in [1.54, 1.807) is 7.11 Å². The number of hydrogen-bond donors (Lipinski definition) is 2. The summed E-state index contributed by atoms with van der Waals surface area (Å²) in [4.78, 5) is 22.8. The van der Waals surface area contributed by atoms with Crippen molar-refractivity contribution in [3.63, 3.8) is 0 Å². The van der Waals surface area contributed by atoms with Crippen LogP contribution in [0.25, 0.3) is 10.8 Å². The molecule has 0 bridgehead atoms. The molecule has 5 nitrogen and oxygen atoms in total. The lowest BCUT2D eigenvalue weighted by Gasteiger charge is -2.27. The Bertz CT molecular complexity index is 766. The Morgan fingerprint density at radius 2 is 1.68 bits per heavy atom. The molecular formula is C20H24O5. The summed E-state index contributed by atoms with van der Waals surface area (Å²) >= 11 is 0. The van der Waals surface area contributed by atoms with Crippen LogP contribution in [-0.2, 0) is 9.59 Å². The summed E-state index contributed by atoms with van der Waals surface area (Å²) in [7, 11) is 1.61. The number of hydrogen-bond acceptors (Lipinski definition) is 3. The van der Waals surface area contributed by atoms with Gasteiger partial charge in [-0.3, -0.25) is 9.59 Å². The van der Waals surface area contributed by atoms with Crippen molar-refractivity contribution < 1.29 is 24.5 Å². The highest BCUT2D eigenvalue weighted by Gasteiger charge is 2.32. The highest BCUT2D eigenvalue weighted by molar-refractivity contribution is 5.85. The second-order valence-electron chi connectivity index (χ2n) is 6.62. The maximum atomic E-state index is 11.8. The van der Waals surface area contributed by atoms with E-state index in [1.807, 2.05) is 50.2 Å². The fraction of sp³-hybridized carbons (Fsp3) is 0.400. The first-order chi connectivity index (χ1) is 11.8. The van der Waals surface area contributed by atoms with Crippen LogP contribution in [-0.4, -0.2) is 29.3 Å². The van der Waals surface area contributed by atoms with Crippen LogP contribution in [0, 0.1) is 11.8 Å². The smallest absolute Gasteiger partial charge is 0.307 e. The van der Waals surface area contributed by atoms with Gasteiger partial charge < -0.3 is 14.9 Å². The molecule has 0 heterocycles. The topological polar surface area (TPSA) is 83.8 Å². The van der Waals surface area contributed by atoms with Gasteiger partial charge in [-0.15, -0.1) is 0 Å². The molecule has 0 spiro atoms. The average molecular weight is 344 g/mol. The Morgan fingerprint density at radius 1 is 1.04 bits per heavy atom. The quantitative estimate of drug-likeness (QED) is 0.751. The maximum absolute atomic E-state index is 11.8. The number of rotatable bonds is 8. The summed E-state index contributed by atoms with van der Waals surface area (Å²) in [6.45, 7) is 3.72. The maximum Gasteiger partial charge on any atom is 0.307 e. The van der Waals surface area contributed by atoms with E-state index in [1.165, 1.54) is 0 Å². The molecule has 0 saturated heterocycles. The normalized spacial score (nSPS) is 13.6. The molecule has 0 amide bonds. The van der Waals surface area contributed by atoms with Gasteiger partial charge in [-0.1, -0.05) is 38.1 Å². The molecule has 0 radical (unpaired) electrons. The standard InChI is InChI=1S/C20H24O5/c1-12(2)19(20(23)24)17(8-9-18(21)22)15-5-4-14-11-16(25-3)7-6-13(14)10-15/h4-7,10-12,17,19H,8-9H2,1-3H3,(H,21,22)(H,23,24)/t17-,19+/m1/s1. The highest BCUT2D eigenvalue weighted by Crippen LogP contribution is 2.36. The van der Waals surface area contributed by atoms with E-state index >= 15 is 0 Å². The lowest BCUT2D eigenvalue weighted by molar-refractivity contribution is -0.145. The third-order valence-electron chi connectivity index (χ3n) is 4.61. The van der Waals surface area contributed by atoms with Gasteiger partial charge in [0.1, 0.15) is 5.75 Å². The molecule has 25 heavy (non-hydrogen) atoms. The predicted molar refractivity (Wildman–Crippen MR) is 96.1 cm³/mol. The Morgan fingerprint density at radius 3 is 2.24 bits per heavy atom. The van der Waals surface area contributed by atoms with Gasteiger partial charge in [0.2, 0.25) is 0 Å². The van der Waals surface area contributed by atoms with Crippen molar-refractivity contribution in [1.82, 2.24) is 0 Å². The largest absolute Gasteiger partial charge is 0.497 e. The van der Waals surface area contributed by atoms with Crippen molar-refractivity contribution in [3.05, 3.63) is 42.0 Å². The molecule has 134 valence electrons. The molecule has 0 aliphatic heterocycles. The lowest BCUT2D eigenvalue weighted by Crippen LogP contribution is -2.27. The summed E-state index contributed by atoms with van der Waals surface area (Å²) in [5.41, 5.74) is 0.861. The summed E-state index contributed by atoms with van der Waals surface area (Å²) in [5.74, 6) is -2.12. The number of benzene rings is 2. The number of carboxylic acid groups (broad SMARTS) is 2. The van der Waals surface area contributed by atoms with E-state index in [4.69, 9.17) is 9.84 Å². The van der Waals surface area contributed by atoms with Crippen molar-refractivity contribution >= 4 is 22.7 Å². The lowest BCUT2D eigenvalue weighted by atomic mass is 9.76. The number of carboxylic acids is 2. The van der Waals surface area contributed by atoms with Crippen LogP contribution in [0.1, 0.15) is 38.2 Å². The van der Waals surface area contributed by atoms with Crippen LogP contribution in [0.2, 0.25) is 0 Å². The summed E-state index contributed by atoms with van der Waals surface area (Å²) in [6, 6.07) is 11.5. The first kappa shape index (κ1) is 18.8. The van der Waals surface area contributed by atoms with E-state index in [-0.39, 0.29) is 18.3 Å². The minimum absolute atomic E-state index is 0.0538. The third kappa shape index (κ3) is 4.50. The number of carbonyl (C=O) groups is 2. The Kier molecular flexibility index (Phi) is 6.02. The zero-order valence-electron chi connectivity index (χ0n) is 14.7. The Hall–Kier alpha value is -2.56. The molecule has 0 aliphatic carbocycles. The molecular weight excluding hydrogens is 320 g/mol. The molecule has 5 heteroatoms. The first-order valence-electron chi connectivity index (χ1n) is 8.35. The minimum Gasteiger partial charge on any atom is -0.497 e. The van der Waals surface area contributed by atoms with Crippen molar-refractivity contribution in [2.24, 2.45) is 11.8 Å². The van der Waals surface area contributed by atoms with Crippen LogP contribution >= 0.6 is 0 Å². The van der Waals surface area contributed by atoms with Gasteiger partial charge in [0.25, 0.3) is 0 Å². The minimum atomic E-state index is -0.913. The van der Waals surface area contributed by atoms with Crippen LogP contribution in [0.4, 0.5) is 0 Å². The molecule has 0 aliphatic rings. The second-order valence-corrected chi connectivity index (χ2v) is 6.62. The van der Waals surface area contributed by atoms with Crippen molar-refractivity contribution in [1.29, 1.82) is 0 Å². The SMILES string of the molecule is COc1ccc2cc([C@@H](CCC(=O)O)[C@@H](C(=O)O)C(C)C)ccc2c1. The summed E-state index contributed by atoms with van der Waals surface area (Å²) in [6.07, 6.45) is 0.244. The Balaban J connectivity index is 2.46. The van der Waals surface area contributed by atoms with Crippen molar-refractivity contribution in [2.75, 3.05) is 7.11 Å². The van der Waals surface area contributed by atoms with Crippen molar-refractivity contribution in [3.8, 4) is 5.75 Å². The zero-order chi connectivity index (χ0) is 18.6. The van der Waals surface area contributed by atoms with E-state index < -0.39 is 17.9 Å². The third-order valence-corrected chi connectivity index (χ3v) is 4.61. The van der Waals surface area contributed by atoms with Gasteiger partial charge in [0.05, 0.1) is 13.0 Å².